The second-order valence-corrected chi connectivity index (χ2v) is 16.3. The van der Waals surface area contributed by atoms with Gasteiger partial charge in [0.1, 0.15) is 6.04 Å². The molecule has 0 aromatic carbocycles. The van der Waals surface area contributed by atoms with Gasteiger partial charge in [-0.3, -0.25) is 0 Å². The van der Waals surface area contributed by atoms with E-state index in [2.05, 4.69) is 94.1 Å². The molecule has 3 fully saturated rings. The van der Waals surface area contributed by atoms with Gasteiger partial charge in [-0.1, -0.05) is 66.8 Å². The van der Waals surface area contributed by atoms with Crippen LogP contribution in [0.2, 0.25) is 0 Å². The SMILES string of the molecule is C1=CCC2NC(N3C4=C(CCCC4)C4C5SC6CCC=CC6C5C=CC43)[NH2+]C(C3CCC(C4C=CC=CC4)CC3)C2=C1. The summed E-state index contributed by atoms with van der Waals surface area (Å²) in [6, 6.07) is 1.67. The number of nitrogens with two attached hydrogens (primary N) is 1. The molecule has 3 aliphatic heterocycles. The lowest BCUT2D eigenvalue weighted by Crippen LogP contribution is -3.05. The summed E-state index contributed by atoms with van der Waals surface area (Å²) < 4.78 is 0. The van der Waals surface area contributed by atoms with Crippen molar-refractivity contribution in [1.82, 2.24) is 10.2 Å². The molecule has 2 saturated heterocycles. The minimum Gasteiger partial charge on any atom is -0.307 e. The van der Waals surface area contributed by atoms with Crippen LogP contribution in [0.25, 0.3) is 0 Å². The van der Waals surface area contributed by atoms with Crippen LogP contribution in [0.5, 0.6) is 0 Å². The van der Waals surface area contributed by atoms with Crippen molar-refractivity contribution in [1.29, 1.82) is 0 Å². The van der Waals surface area contributed by atoms with Crippen LogP contribution in [0, 0.1) is 35.5 Å². The maximum Gasteiger partial charge on any atom is 0.221 e. The van der Waals surface area contributed by atoms with Gasteiger partial charge in [0.15, 0.2) is 0 Å². The Balaban J connectivity index is 0.995. The Labute approximate surface area is 257 Å². The van der Waals surface area contributed by atoms with Crippen molar-refractivity contribution in [3.05, 3.63) is 83.7 Å². The Bertz CT molecular complexity index is 1280. The highest BCUT2D eigenvalue weighted by atomic mass is 32.2. The van der Waals surface area contributed by atoms with E-state index in [1.165, 1.54) is 70.6 Å². The van der Waals surface area contributed by atoms with Gasteiger partial charge >= 0.3 is 0 Å². The molecule has 42 heavy (non-hydrogen) atoms. The Kier molecular flexibility index (Phi) is 6.98. The fourth-order valence-corrected chi connectivity index (χ4v) is 13.0. The van der Waals surface area contributed by atoms with Crippen LogP contribution in [-0.4, -0.2) is 39.8 Å². The van der Waals surface area contributed by atoms with Gasteiger partial charge in [-0.25, -0.2) is 5.32 Å². The first kappa shape index (κ1) is 26.6. The smallest absolute Gasteiger partial charge is 0.221 e. The first-order chi connectivity index (χ1) is 20.8. The molecule has 4 heteroatoms. The molecule has 6 aliphatic carbocycles. The van der Waals surface area contributed by atoms with E-state index < -0.39 is 0 Å². The maximum absolute atomic E-state index is 4.25. The quantitative estimate of drug-likeness (QED) is 0.362. The lowest BCUT2D eigenvalue weighted by molar-refractivity contribution is -0.750. The van der Waals surface area contributed by atoms with E-state index in [1.807, 2.05) is 5.57 Å². The number of allylic oxidation sites excluding steroid dienone is 10. The van der Waals surface area contributed by atoms with Crippen molar-refractivity contribution < 1.29 is 5.32 Å². The summed E-state index contributed by atoms with van der Waals surface area (Å²) in [6.07, 6.45) is 43.6. The molecule has 10 unspecified atom stereocenters. The van der Waals surface area contributed by atoms with E-state index in [1.54, 1.807) is 11.3 Å². The minimum absolute atomic E-state index is 0.362. The largest absolute Gasteiger partial charge is 0.307 e. The standard InChI is InChI=1S/C38H49N3S/c1-2-10-24(11-3-1)25-18-20-26(21-19-25)36-29-13-4-7-15-31(29)39-38(40-36)41-32-16-8-5-14-30(32)35-33(41)23-22-28-27-12-6-9-17-34(27)42-37(28)35/h1-4,6-7,10,12-13,22-28,31,33-40H,5,8-9,11,14-21H2/p+1. The number of rotatable bonds is 3. The minimum atomic E-state index is 0.362. The monoisotopic (exact) mass is 580 g/mol. The highest BCUT2D eigenvalue weighted by Crippen LogP contribution is 2.58. The Morgan fingerprint density at radius 3 is 2.60 bits per heavy atom. The lowest BCUT2D eigenvalue weighted by Gasteiger charge is -2.48. The molecular weight excluding hydrogens is 531 g/mol. The molecule has 222 valence electrons. The molecule has 0 aromatic heterocycles. The van der Waals surface area contributed by atoms with Gasteiger partial charge in [-0.2, -0.15) is 11.8 Å². The number of quaternary nitrogens is 1. The second-order valence-electron chi connectivity index (χ2n) is 14.9. The van der Waals surface area contributed by atoms with Crippen LogP contribution < -0.4 is 10.6 Å². The van der Waals surface area contributed by atoms with Crippen molar-refractivity contribution in [2.24, 2.45) is 35.5 Å². The average Bonchev–Trinajstić information content (AvgIpc) is 3.60. The van der Waals surface area contributed by atoms with E-state index in [0.29, 0.717) is 24.4 Å². The van der Waals surface area contributed by atoms with Gasteiger partial charge in [0, 0.05) is 39.6 Å². The van der Waals surface area contributed by atoms with Gasteiger partial charge in [0.25, 0.3) is 0 Å². The number of fused-ring (bicyclic) bond motifs is 7. The van der Waals surface area contributed by atoms with E-state index in [9.17, 15) is 0 Å². The van der Waals surface area contributed by atoms with E-state index in [-0.39, 0.29) is 0 Å². The van der Waals surface area contributed by atoms with Gasteiger partial charge in [-0.05, 0) is 106 Å². The lowest BCUT2D eigenvalue weighted by atomic mass is 9.70. The average molecular weight is 581 g/mol. The summed E-state index contributed by atoms with van der Waals surface area (Å²) >= 11 is 2.39. The van der Waals surface area contributed by atoms with Crippen molar-refractivity contribution in [3.8, 4) is 0 Å². The highest BCUT2D eigenvalue weighted by molar-refractivity contribution is 8.00. The van der Waals surface area contributed by atoms with E-state index in [4.69, 9.17) is 0 Å². The molecule has 3 nitrogen and oxygen atoms in total. The van der Waals surface area contributed by atoms with Crippen molar-refractivity contribution in [2.75, 3.05) is 0 Å². The van der Waals surface area contributed by atoms with Crippen LogP contribution in [0.15, 0.2) is 83.7 Å². The molecule has 3 N–H and O–H groups in total. The topological polar surface area (TPSA) is 31.9 Å². The Hall–Kier alpha value is -1.75. The fourth-order valence-electron chi connectivity index (χ4n) is 11.0. The second kappa shape index (κ2) is 11.0. The zero-order valence-electron chi connectivity index (χ0n) is 25.2. The summed E-state index contributed by atoms with van der Waals surface area (Å²) in [4.78, 5) is 2.96. The third-order valence-electron chi connectivity index (χ3n) is 12.9. The number of thioether (sulfide) groups is 1. The first-order valence-corrected chi connectivity index (χ1v) is 18.6. The third kappa shape index (κ3) is 4.37. The van der Waals surface area contributed by atoms with E-state index >= 15 is 0 Å². The predicted octanol–water partition coefficient (Wildman–Crippen LogP) is 6.76. The Morgan fingerprint density at radius 2 is 1.69 bits per heavy atom. The van der Waals surface area contributed by atoms with Crippen LogP contribution in [-0.2, 0) is 0 Å². The third-order valence-corrected chi connectivity index (χ3v) is 14.7. The van der Waals surface area contributed by atoms with E-state index in [0.717, 1.165) is 52.4 Å². The molecule has 1 saturated carbocycles. The fraction of sp³-hybridized carbons (Fsp3) is 0.632. The first-order valence-electron chi connectivity index (χ1n) is 17.6. The van der Waals surface area contributed by atoms with Crippen molar-refractivity contribution in [3.63, 3.8) is 0 Å². The number of nitrogens with one attached hydrogen (secondary N) is 1. The van der Waals surface area contributed by atoms with Gasteiger partial charge in [0.05, 0.1) is 6.04 Å². The molecule has 9 aliphatic rings. The predicted molar refractivity (Wildman–Crippen MR) is 174 cm³/mol. The highest BCUT2D eigenvalue weighted by Gasteiger charge is 2.56. The molecule has 0 amide bonds. The maximum atomic E-state index is 4.25. The number of hydrogen-bond acceptors (Lipinski definition) is 3. The van der Waals surface area contributed by atoms with Gasteiger partial charge < -0.3 is 10.2 Å². The molecule has 0 aromatic rings. The summed E-state index contributed by atoms with van der Waals surface area (Å²) in [7, 11) is 0. The number of nitrogens with zero attached hydrogens (tertiary/aromatic N) is 1. The zero-order chi connectivity index (χ0) is 27.6. The number of hydrogen-bond donors (Lipinski definition) is 2. The molecule has 9 rings (SSSR count). The van der Waals surface area contributed by atoms with Crippen LogP contribution in [0.3, 0.4) is 0 Å². The summed E-state index contributed by atoms with van der Waals surface area (Å²) in [5.74, 6) is 4.70. The van der Waals surface area contributed by atoms with Crippen LogP contribution in [0.4, 0.5) is 0 Å². The molecular formula is C38H50N3S+. The normalized spacial score (nSPS) is 47.0. The van der Waals surface area contributed by atoms with Crippen LogP contribution in [0.1, 0.15) is 77.0 Å². The van der Waals surface area contributed by atoms with Crippen LogP contribution >= 0.6 is 11.8 Å². The molecule has 0 spiro atoms. The summed E-state index contributed by atoms with van der Waals surface area (Å²) in [5, 5.41) is 8.69. The molecule has 3 heterocycles. The summed E-state index contributed by atoms with van der Waals surface area (Å²) in [5.41, 5.74) is 5.31. The summed E-state index contributed by atoms with van der Waals surface area (Å²) in [6.45, 7) is 0. The van der Waals surface area contributed by atoms with Gasteiger partial charge in [-0.15, -0.1) is 0 Å². The van der Waals surface area contributed by atoms with Crippen molar-refractivity contribution in [2.45, 2.75) is 112 Å². The molecule has 0 bridgehead atoms. The molecule has 0 radical (unpaired) electrons. The van der Waals surface area contributed by atoms with Crippen molar-refractivity contribution >= 4 is 11.8 Å². The molecule has 10 atom stereocenters. The zero-order valence-corrected chi connectivity index (χ0v) is 26.0. The Morgan fingerprint density at radius 1 is 0.810 bits per heavy atom. The van der Waals surface area contributed by atoms with Gasteiger partial charge in [0.2, 0.25) is 6.29 Å².